The van der Waals surface area contributed by atoms with Crippen molar-refractivity contribution in [3.05, 3.63) is 35.4 Å². The minimum absolute atomic E-state index is 0.207. The predicted octanol–water partition coefficient (Wildman–Crippen LogP) is 3.87. The number of aliphatic hydroxyl groups is 1. The number of hydrogen-bond donors (Lipinski definition) is 1. The van der Waals surface area contributed by atoms with Crippen molar-refractivity contribution < 1.29 is 5.11 Å². The Hall–Kier alpha value is -1.33. The quantitative estimate of drug-likeness (QED) is 0.850. The average molecular weight is 283 g/mol. The fraction of sp³-hybridized carbons (Fsp3) is 0.632. The van der Waals surface area contributed by atoms with Crippen LogP contribution in [0.2, 0.25) is 0 Å². The van der Waals surface area contributed by atoms with Crippen molar-refractivity contribution in [2.45, 2.75) is 58.0 Å². The maximum atomic E-state index is 11.5. The molecule has 0 radical (unpaired) electrons. The summed E-state index contributed by atoms with van der Waals surface area (Å²) in [6, 6.07) is 11.0. The number of rotatable bonds is 1. The lowest BCUT2D eigenvalue weighted by Crippen LogP contribution is -2.57. The average Bonchev–Trinajstić information content (AvgIpc) is 2.50. The van der Waals surface area contributed by atoms with Crippen molar-refractivity contribution in [3.63, 3.8) is 0 Å². The van der Waals surface area contributed by atoms with E-state index in [0.717, 1.165) is 25.7 Å². The van der Waals surface area contributed by atoms with Gasteiger partial charge in [0.1, 0.15) is 0 Å². The lowest BCUT2D eigenvalue weighted by molar-refractivity contribution is -0.135. The van der Waals surface area contributed by atoms with Crippen molar-refractivity contribution in [2.24, 2.45) is 17.3 Å². The van der Waals surface area contributed by atoms with Gasteiger partial charge in [-0.3, -0.25) is 0 Å². The Kier molecular flexibility index (Phi) is 3.58. The van der Waals surface area contributed by atoms with Crippen LogP contribution in [0.25, 0.3) is 0 Å². The highest BCUT2D eigenvalue weighted by Crippen LogP contribution is 2.53. The summed E-state index contributed by atoms with van der Waals surface area (Å²) >= 11 is 0. The van der Waals surface area contributed by atoms with Crippen molar-refractivity contribution in [1.82, 2.24) is 0 Å². The summed E-state index contributed by atoms with van der Waals surface area (Å²) < 4.78 is 0. The molecule has 4 atom stereocenters. The van der Waals surface area contributed by atoms with Gasteiger partial charge in [-0.1, -0.05) is 44.5 Å². The maximum Gasteiger partial charge on any atom is 0.0906 e. The third kappa shape index (κ3) is 2.19. The first kappa shape index (κ1) is 14.6. The minimum atomic E-state index is -0.840. The molecule has 3 rings (SSSR count). The van der Waals surface area contributed by atoms with Gasteiger partial charge in [0.25, 0.3) is 0 Å². The molecule has 0 saturated heterocycles. The molecule has 21 heavy (non-hydrogen) atoms. The topological polar surface area (TPSA) is 44.0 Å². The van der Waals surface area contributed by atoms with Gasteiger partial charge in [0.2, 0.25) is 0 Å². The molecule has 0 heterocycles. The molecule has 1 fully saturated rings. The molecule has 0 aliphatic heterocycles. The highest BCUT2D eigenvalue weighted by atomic mass is 16.3. The van der Waals surface area contributed by atoms with E-state index in [1.165, 1.54) is 17.5 Å². The Morgan fingerprint density at radius 3 is 2.62 bits per heavy atom. The molecule has 2 aliphatic rings. The second kappa shape index (κ2) is 5.14. The Bertz CT molecular complexity index is 575. The van der Waals surface area contributed by atoms with E-state index in [1.54, 1.807) is 0 Å². The largest absolute Gasteiger partial charge is 0.388 e. The van der Waals surface area contributed by atoms with Crippen molar-refractivity contribution in [1.29, 1.82) is 5.26 Å². The highest BCUT2D eigenvalue weighted by molar-refractivity contribution is 5.35. The number of hydrogen-bond acceptors (Lipinski definition) is 2. The van der Waals surface area contributed by atoms with E-state index < -0.39 is 11.0 Å². The van der Waals surface area contributed by atoms with Crippen molar-refractivity contribution >= 4 is 0 Å². The fourth-order valence-corrected chi connectivity index (χ4v) is 4.57. The van der Waals surface area contributed by atoms with Gasteiger partial charge in [0.05, 0.1) is 17.1 Å². The molecular weight excluding hydrogens is 258 g/mol. The molecule has 0 aromatic heterocycles. The normalized spacial score (nSPS) is 39.3. The molecule has 112 valence electrons. The first-order valence-corrected chi connectivity index (χ1v) is 8.21. The van der Waals surface area contributed by atoms with Crippen LogP contribution in [0.5, 0.6) is 0 Å². The van der Waals surface area contributed by atoms with Crippen LogP contribution in [0.15, 0.2) is 24.3 Å². The van der Waals surface area contributed by atoms with Crippen LogP contribution < -0.4 is 0 Å². The Labute approximate surface area is 127 Å². The second-order valence-corrected chi connectivity index (χ2v) is 7.35. The number of nitrogens with zero attached hydrogens (tertiary/aromatic N) is 1. The molecule has 1 aromatic rings. The molecule has 0 bridgehead atoms. The van der Waals surface area contributed by atoms with Gasteiger partial charge in [-0.05, 0) is 55.1 Å². The van der Waals surface area contributed by atoms with E-state index >= 15 is 0 Å². The molecule has 1 aromatic carbocycles. The molecular formula is C19H25NO. The standard InChI is InChI=1S/C19H25NO/c1-14-7-8-15(2)19(21,11-14)18(13-20)10-9-16-5-3-4-6-17(16)12-18/h3-6,14-15,21H,7-12H2,1-2H3. The van der Waals surface area contributed by atoms with Crippen LogP contribution in [-0.4, -0.2) is 10.7 Å². The lowest BCUT2D eigenvalue weighted by atomic mass is 9.54. The van der Waals surface area contributed by atoms with Crippen LogP contribution in [-0.2, 0) is 12.8 Å². The third-order valence-corrected chi connectivity index (χ3v) is 6.04. The van der Waals surface area contributed by atoms with E-state index in [9.17, 15) is 10.4 Å². The Balaban J connectivity index is 2.00. The van der Waals surface area contributed by atoms with Crippen LogP contribution in [0.1, 0.15) is 50.7 Å². The van der Waals surface area contributed by atoms with Gasteiger partial charge < -0.3 is 5.11 Å². The smallest absolute Gasteiger partial charge is 0.0906 e. The summed E-state index contributed by atoms with van der Waals surface area (Å²) in [5, 5.41) is 21.5. The summed E-state index contributed by atoms with van der Waals surface area (Å²) in [7, 11) is 0. The lowest BCUT2D eigenvalue weighted by Gasteiger charge is -2.52. The van der Waals surface area contributed by atoms with Crippen LogP contribution in [0, 0.1) is 28.6 Å². The van der Waals surface area contributed by atoms with Gasteiger partial charge in [-0.15, -0.1) is 0 Å². The molecule has 2 heteroatoms. The maximum absolute atomic E-state index is 11.5. The molecule has 2 aliphatic carbocycles. The number of nitriles is 1. The molecule has 0 spiro atoms. The second-order valence-electron chi connectivity index (χ2n) is 7.35. The first-order valence-electron chi connectivity index (χ1n) is 8.21. The molecule has 1 saturated carbocycles. The van der Waals surface area contributed by atoms with Crippen molar-refractivity contribution in [3.8, 4) is 6.07 Å². The summed E-state index contributed by atoms with van der Waals surface area (Å²) in [4.78, 5) is 0. The van der Waals surface area contributed by atoms with E-state index in [4.69, 9.17) is 0 Å². The molecule has 0 amide bonds. The number of fused-ring (bicyclic) bond motifs is 1. The van der Waals surface area contributed by atoms with Gasteiger partial charge in [0, 0.05) is 0 Å². The predicted molar refractivity (Wildman–Crippen MR) is 83.6 cm³/mol. The number of benzene rings is 1. The van der Waals surface area contributed by atoms with Crippen LogP contribution >= 0.6 is 0 Å². The van der Waals surface area contributed by atoms with Crippen LogP contribution in [0.4, 0.5) is 0 Å². The van der Waals surface area contributed by atoms with E-state index in [0.29, 0.717) is 12.3 Å². The molecule has 1 N–H and O–H groups in total. The summed E-state index contributed by atoms with van der Waals surface area (Å²) in [5.41, 5.74) is 1.15. The van der Waals surface area contributed by atoms with E-state index in [-0.39, 0.29) is 5.92 Å². The summed E-state index contributed by atoms with van der Waals surface area (Å²) in [6.07, 6.45) is 5.36. The highest BCUT2D eigenvalue weighted by Gasteiger charge is 2.56. The van der Waals surface area contributed by atoms with E-state index in [2.05, 4.69) is 38.1 Å². The minimum Gasteiger partial charge on any atom is -0.388 e. The van der Waals surface area contributed by atoms with Gasteiger partial charge in [0.15, 0.2) is 0 Å². The monoisotopic (exact) mass is 283 g/mol. The molecule has 2 nitrogen and oxygen atoms in total. The Morgan fingerprint density at radius 1 is 1.19 bits per heavy atom. The summed E-state index contributed by atoms with van der Waals surface area (Å²) in [6.45, 7) is 4.34. The zero-order valence-corrected chi connectivity index (χ0v) is 13.1. The fourth-order valence-electron chi connectivity index (χ4n) is 4.57. The first-order chi connectivity index (χ1) is 10.0. The SMILES string of the molecule is CC1CCC(C)C(O)(C2(C#N)CCc3ccccc3C2)C1. The third-order valence-electron chi connectivity index (χ3n) is 6.04. The zero-order chi connectivity index (χ0) is 15.1. The van der Waals surface area contributed by atoms with Crippen LogP contribution in [0.3, 0.4) is 0 Å². The number of aryl methyl sites for hydroxylation is 1. The van der Waals surface area contributed by atoms with Gasteiger partial charge in [-0.25, -0.2) is 0 Å². The zero-order valence-electron chi connectivity index (χ0n) is 13.1. The van der Waals surface area contributed by atoms with Gasteiger partial charge in [-0.2, -0.15) is 5.26 Å². The molecule has 4 unspecified atom stereocenters. The van der Waals surface area contributed by atoms with Crippen molar-refractivity contribution in [2.75, 3.05) is 0 Å². The summed E-state index contributed by atoms with van der Waals surface area (Å²) in [5.74, 6) is 0.715. The Morgan fingerprint density at radius 2 is 1.90 bits per heavy atom. The van der Waals surface area contributed by atoms with E-state index in [1.807, 2.05) is 6.07 Å². The van der Waals surface area contributed by atoms with Gasteiger partial charge >= 0.3 is 0 Å².